The van der Waals surface area contributed by atoms with Crippen LogP contribution in [0.5, 0.6) is 0 Å². The highest BCUT2D eigenvalue weighted by atomic mass is 32.2. The Morgan fingerprint density at radius 3 is 2.59 bits per heavy atom. The predicted molar refractivity (Wildman–Crippen MR) is 87.0 cm³/mol. The van der Waals surface area contributed by atoms with Crippen LogP contribution >= 0.6 is 0 Å². The molecule has 2 heterocycles. The summed E-state index contributed by atoms with van der Waals surface area (Å²) in [6.45, 7) is 7.97. The number of nitrogens with zero attached hydrogens (tertiary/aromatic N) is 2. The summed E-state index contributed by atoms with van der Waals surface area (Å²) in [5.74, 6) is 0.762. The van der Waals surface area contributed by atoms with E-state index < -0.39 is 10.0 Å². The van der Waals surface area contributed by atoms with Gasteiger partial charge in [-0.3, -0.25) is 9.69 Å². The molecule has 0 radical (unpaired) electrons. The first-order valence-electron chi connectivity index (χ1n) is 8.45. The Bertz CT molecular complexity index is 480. The highest BCUT2D eigenvalue weighted by molar-refractivity contribution is 7.89. The van der Waals surface area contributed by atoms with Gasteiger partial charge in [-0.05, 0) is 25.7 Å². The van der Waals surface area contributed by atoms with Crippen molar-refractivity contribution in [1.29, 1.82) is 0 Å². The van der Waals surface area contributed by atoms with Crippen molar-refractivity contribution < 1.29 is 13.2 Å². The van der Waals surface area contributed by atoms with Crippen molar-refractivity contribution in [2.45, 2.75) is 45.6 Å². The highest BCUT2D eigenvalue weighted by Gasteiger charge is 2.34. The number of nitrogens with one attached hydrogen (secondary N) is 1. The Kier molecular flexibility index (Phi) is 6.23. The van der Waals surface area contributed by atoms with Gasteiger partial charge in [0.15, 0.2) is 0 Å². The van der Waals surface area contributed by atoms with Gasteiger partial charge in [0.2, 0.25) is 15.9 Å². The molecule has 7 heteroatoms. The summed E-state index contributed by atoms with van der Waals surface area (Å²) in [5.41, 5.74) is 0. The molecule has 0 aliphatic carbocycles. The number of rotatable bonds is 8. The van der Waals surface area contributed by atoms with E-state index in [0.717, 1.165) is 52.0 Å². The molecule has 128 valence electrons. The maximum absolute atomic E-state index is 11.8. The lowest BCUT2D eigenvalue weighted by Gasteiger charge is -2.21. The maximum Gasteiger partial charge on any atom is 0.222 e. The standard InChI is InChI=1S/C15H29N3O3S/c1-3-6-13-11-17(9-10-18-8-5-7-15(18)19)12-14(13)16-22(20,21)4-2/h13-14,16H,3-12H2,1-2H3/t13-,14-/m1/s1. The Hall–Kier alpha value is -0.660. The fourth-order valence-electron chi connectivity index (χ4n) is 3.46. The largest absolute Gasteiger partial charge is 0.341 e. The summed E-state index contributed by atoms with van der Waals surface area (Å²) in [5, 5.41) is 0. The molecule has 0 aromatic rings. The number of sulfonamides is 1. The van der Waals surface area contributed by atoms with Gasteiger partial charge in [-0.25, -0.2) is 13.1 Å². The van der Waals surface area contributed by atoms with E-state index in [1.807, 2.05) is 4.90 Å². The molecule has 2 fully saturated rings. The summed E-state index contributed by atoms with van der Waals surface area (Å²) >= 11 is 0. The zero-order valence-electron chi connectivity index (χ0n) is 13.8. The van der Waals surface area contributed by atoms with Crippen molar-refractivity contribution in [3.05, 3.63) is 0 Å². The quantitative estimate of drug-likeness (QED) is 0.709. The molecule has 22 heavy (non-hydrogen) atoms. The van der Waals surface area contributed by atoms with Gasteiger partial charge in [0, 0.05) is 45.2 Å². The minimum Gasteiger partial charge on any atom is -0.341 e. The zero-order valence-corrected chi connectivity index (χ0v) is 14.6. The number of likely N-dealkylation sites (tertiary alicyclic amines) is 2. The van der Waals surface area contributed by atoms with Crippen molar-refractivity contribution in [2.24, 2.45) is 5.92 Å². The third-order valence-electron chi connectivity index (χ3n) is 4.74. The van der Waals surface area contributed by atoms with Gasteiger partial charge in [-0.15, -0.1) is 0 Å². The van der Waals surface area contributed by atoms with Gasteiger partial charge in [0.05, 0.1) is 5.75 Å². The van der Waals surface area contributed by atoms with Crippen LogP contribution in [0.1, 0.15) is 39.5 Å². The molecule has 0 saturated carbocycles. The predicted octanol–water partition coefficient (Wildman–Crippen LogP) is 0.649. The summed E-state index contributed by atoms with van der Waals surface area (Å²) in [4.78, 5) is 15.9. The molecule has 2 rings (SSSR count). The third-order valence-corrected chi connectivity index (χ3v) is 6.17. The maximum atomic E-state index is 11.8. The third kappa shape index (κ3) is 4.67. The topological polar surface area (TPSA) is 69.7 Å². The normalized spacial score (nSPS) is 27.0. The molecule has 2 atom stereocenters. The fourth-order valence-corrected chi connectivity index (χ4v) is 4.35. The molecule has 0 aromatic heterocycles. The lowest BCUT2D eigenvalue weighted by Crippen LogP contribution is -2.41. The van der Waals surface area contributed by atoms with Crippen LogP contribution in [0, 0.1) is 5.92 Å². The molecule has 1 N–H and O–H groups in total. The molecule has 2 saturated heterocycles. The van der Waals surface area contributed by atoms with E-state index in [1.165, 1.54) is 0 Å². The van der Waals surface area contributed by atoms with Crippen LogP contribution in [0.2, 0.25) is 0 Å². The number of hydrogen-bond acceptors (Lipinski definition) is 4. The Labute approximate surface area is 134 Å². The minimum atomic E-state index is -3.16. The SMILES string of the molecule is CCC[C@@H]1CN(CCN2CCCC2=O)C[C@H]1NS(=O)(=O)CC. The van der Waals surface area contributed by atoms with Crippen LogP contribution in [-0.2, 0) is 14.8 Å². The smallest absolute Gasteiger partial charge is 0.222 e. The second-order valence-electron chi connectivity index (χ2n) is 6.42. The molecule has 1 amide bonds. The molecule has 0 spiro atoms. The van der Waals surface area contributed by atoms with Crippen LogP contribution in [-0.4, -0.2) is 68.6 Å². The van der Waals surface area contributed by atoms with E-state index in [1.54, 1.807) is 6.92 Å². The lowest BCUT2D eigenvalue weighted by atomic mass is 9.99. The van der Waals surface area contributed by atoms with Crippen molar-refractivity contribution in [3.63, 3.8) is 0 Å². The number of hydrogen-bond donors (Lipinski definition) is 1. The zero-order chi connectivity index (χ0) is 16.2. The molecule has 0 bridgehead atoms. The van der Waals surface area contributed by atoms with Crippen LogP contribution in [0.3, 0.4) is 0 Å². The molecular weight excluding hydrogens is 302 g/mol. The Balaban J connectivity index is 1.87. The highest BCUT2D eigenvalue weighted by Crippen LogP contribution is 2.22. The van der Waals surface area contributed by atoms with Gasteiger partial charge in [0.1, 0.15) is 0 Å². The number of carbonyl (C=O) groups excluding carboxylic acids is 1. The second kappa shape index (κ2) is 7.75. The van der Waals surface area contributed by atoms with Gasteiger partial charge in [-0.2, -0.15) is 0 Å². The second-order valence-corrected chi connectivity index (χ2v) is 8.46. The molecule has 0 unspecified atom stereocenters. The average molecular weight is 331 g/mol. The number of amides is 1. The van der Waals surface area contributed by atoms with E-state index in [2.05, 4.69) is 16.5 Å². The van der Waals surface area contributed by atoms with Gasteiger partial charge >= 0.3 is 0 Å². The molecule has 2 aliphatic rings. The van der Waals surface area contributed by atoms with Crippen molar-refractivity contribution in [3.8, 4) is 0 Å². The van der Waals surface area contributed by atoms with Crippen LogP contribution in [0.25, 0.3) is 0 Å². The first kappa shape index (κ1) is 17.7. The summed E-state index contributed by atoms with van der Waals surface area (Å²) < 4.78 is 26.5. The fraction of sp³-hybridized carbons (Fsp3) is 0.933. The first-order valence-corrected chi connectivity index (χ1v) is 10.1. The molecule has 0 aromatic carbocycles. The van der Waals surface area contributed by atoms with E-state index in [-0.39, 0.29) is 17.7 Å². The van der Waals surface area contributed by atoms with Crippen LogP contribution in [0.4, 0.5) is 0 Å². The lowest BCUT2D eigenvalue weighted by molar-refractivity contribution is -0.127. The summed E-state index contributed by atoms with van der Waals surface area (Å²) in [6, 6.07) is 0.0131. The Morgan fingerprint density at radius 1 is 1.23 bits per heavy atom. The number of carbonyl (C=O) groups is 1. The summed E-state index contributed by atoms with van der Waals surface area (Å²) in [6.07, 6.45) is 3.75. The van der Waals surface area contributed by atoms with Crippen LogP contribution in [0.15, 0.2) is 0 Å². The summed E-state index contributed by atoms with van der Waals surface area (Å²) in [7, 11) is -3.16. The Morgan fingerprint density at radius 2 is 2.00 bits per heavy atom. The van der Waals surface area contributed by atoms with E-state index in [9.17, 15) is 13.2 Å². The van der Waals surface area contributed by atoms with Crippen molar-refractivity contribution >= 4 is 15.9 Å². The van der Waals surface area contributed by atoms with Gasteiger partial charge in [0.25, 0.3) is 0 Å². The van der Waals surface area contributed by atoms with Crippen molar-refractivity contribution in [1.82, 2.24) is 14.5 Å². The van der Waals surface area contributed by atoms with E-state index in [4.69, 9.17) is 0 Å². The molecule has 6 nitrogen and oxygen atoms in total. The van der Waals surface area contributed by atoms with Crippen molar-refractivity contribution in [2.75, 3.05) is 38.5 Å². The average Bonchev–Trinajstić information content (AvgIpc) is 3.04. The monoisotopic (exact) mass is 331 g/mol. The van der Waals surface area contributed by atoms with Gasteiger partial charge in [-0.1, -0.05) is 13.3 Å². The van der Waals surface area contributed by atoms with E-state index >= 15 is 0 Å². The van der Waals surface area contributed by atoms with Crippen LogP contribution < -0.4 is 4.72 Å². The minimum absolute atomic E-state index is 0.0131. The molecule has 2 aliphatic heterocycles. The first-order chi connectivity index (χ1) is 10.4. The van der Waals surface area contributed by atoms with E-state index in [0.29, 0.717) is 12.3 Å². The molecular formula is C15H29N3O3S. The van der Waals surface area contributed by atoms with Gasteiger partial charge < -0.3 is 4.90 Å².